The molecule has 0 saturated heterocycles. The predicted molar refractivity (Wildman–Crippen MR) is 69.0 cm³/mol. The van der Waals surface area contributed by atoms with Crippen molar-refractivity contribution in [2.75, 3.05) is 0 Å². The van der Waals surface area contributed by atoms with Gasteiger partial charge in [-0.1, -0.05) is 19.6 Å². The summed E-state index contributed by atoms with van der Waals surface area (Å²) in [7, 11) is -1.05. The highest BCUT2D eigenvalue weighted by atomic mass is 28.3. The predicted octanol–water partition coefficient (Wildman–Crippen LogP) is 3.13. The van der Waals surface area contributed by atoms with E-state index in [0.29, 0.717) is 12.1 Å². The van der Waals surface area contributed by atoms with Gasteiger partial charge in [-0.2, -0.15) is 0 Å². The third kappa shape index (κ3) is 8.29. The van der Waals surface area contributed by atoms with Crippen LogP contribution in [0.15, 0.2) is 4.99 Å². The fourth-order valence-electron chi connectivity index (χ4n) is 1.28. The summed E-state index contributed by atoms with van der Waals surface area (Å²) < 4.78 is 0. The fourth-order valence-corrected chi connectivity index (χ4v) is 2.48. The number of nitrogens with one attached hydrogen (secondary N) is 1. The Kier molecular flexibility index (Phi) is 5.42. The van der Waals surface area contributed by atoms with Crippen LogP contribution in [-0.4, -0.2) is 26.0 Å². The molecule has 0 rings (SSSR count). The molecule has 0 aliphatic carbocycles. The van der Waals surface area contributed by atoms with E-state index in [2.05, 4.69) is 57.6 Å². The second kappa shape index (κ2) is 5.54. The Labute approximate surface area is 90.2 Å². The van der Waals surface area contributed by atoms with Crippen molar-refractivity contribution in [3.05, 3.63) is 0 Å². The summed E-state index contributed by atoms with van der Waals surface area (Å²) in [6, 6.07) is 2.04. The van der Waals surface area contributed by atoms with Crippen LogP contribution in [0.3, 0.4) is 0 Å². The van der Waals surface area contributed by atoms with Gasteiger partial charge >= 0.3 is 0 Å². The van der Waals surface area contributed by atoms with E-state index >= 15 is 0 Å². The van der Waals surface area contributed by atoms with Gasteiger partial charge in [0.05, 0.1) is 13.9 Å². The Hall–Kier alpha value is -0.313. The molecule has 0 heterocycles. The molecule has 0 aromatic heterocycles. The van der Waals surface area contributed by atoms with E-state index < -0.39 is 8.07 Å². The number of aliphatic imine (C=N–C) groups is 1. The number of rotatable bonds is 4. The minimum Gasteiger partial charge on any atom is -0.372 e. The molecule has 0 aromatic rings. The Balaban J connectivity index is 4.41. The summed E-state index contributed by atoms with van der Waals surface area (Å²) in [6.07, 6.45) is 0. The molecule has 0 bridgehead atoms. The van der Waals surface area contributed by atoms with E-state index in [1.807, 2.05) is 0 Å². The van der Waals surface area contributed by atoms with E-state index in [1.165, 1.54) is 5.84 Å². The molecule has 0 spiro atoms. The molecule has 14 heavy (non-hydrogen) atoms. The third-order valence-electron chi connectivity index (χ3n) is 1.57. The maximum absolute atomic E-state index is 4.64. The SMILES string of the molecule is CC(C)N=C(C[Si](C)(C)C)NC(C)C. The Morgan fingerprint density at radius 2 is 1.64 bits per heavy atom. The monoisotopic (exact) mass is 214 g/mol. The molecule has 0 saturated carbocycles. The minimum absolute atomic E-state index is 0.396. The number of hydrogen-bond acceptors (Lipinski definition) is 1. The summed E-state index contributed by atoms with van der Waals surface area (Å²) in [5.41, 5.74) is 0. The van der Waals surface area contributed by atoms with E-state index in [9.17, 15) is 0 Å². The largest absolute Gasteiger partial charge is 0.372 e. The van der Waals surface area contributed by atoms with Gasteiger partial charge in [0.15, 0.2) is 0 Å². The Morgan fingerprint density at radius 3 is 1.93 bits per heavy atom. The maximum atomic E-state index is 4.64. The first kappa shape index (κ1) is 13.7. The van der Waals surface area contributed by atoms with Gasteiger partial charge in [0.25, 0.3) is 0 Å². The lowest BCUT2D eigenvalue weighted by Gasteiger charge is -2.21. The zero-order valence-electron chi connectivity index (χ0n) is 10.8. The normalized spacial score (nSPS) is 13.9. The zero-order valence-corrected chi connectivity index (χ0v) is 11.8. The van der Waals surface area contributed by atoms with E-state index in [4.69, 9.17) is 0 Å². The van der Waals surface area contributed by atoms with Gasteiger partial charge in [0.2, 0.25) is 0 Å². The molecule has 2 nitrogen and oxygen atoms in total. The van der Waals surface area contributed by atoms with Crippen LogP contribution in [-0.2, 0) is 0 Å². The van der Waals surface area contributed by atoms with Crippen molar-refractivity contribution in [2.45, 2.75) is 65.5 Å². The van der Waals surface area contributed by atoms with Gasteiger partial charge in [-0.25, -0.2) is 0 Å². The molecule has 0 atom stereocenters. The highest BCUT2D eigenvalue weighted by molar-refractivity contribution is 6.78. The smallest absolute Gasteiger partial charge is 0.0941 e. The second-order valence-electron chi connectivity index (χ2n) is 5.71. The molecule has 0 unspecified atom stereocenters. The van der Waals surface area contributed by atoms with Crippen molar-refractivity contribution in [3.63, 3.8) is 0 Å². The van der Waals surface area contributed by atoms with Crippen molar-refractivity contribution in [1.82, 2.24) is 5.32 Å². The average Bonchev–Trinajstić information content (AvgIpc) is 1.77. The first-order valence-electron chi connectivity index (χ1n) is 5.54. The van der Waals surface area contributed by atoms with Gasteiger partial charge in [0.1, 0.15) is 0 Å². The lowest BCUT2D eigenvalue weighted by atomic mass is 10.4. The molecule has 0 amide bonds. The fraction of sp³-hybridized carbons (Fsp3) is 0.909. The van der Waals surface area contributed by atoms with Crippen LogP contribution in [0.1, 0.15) is 27.7 Å². The Morgan fingerprint density at radius 1 is 1.14 bits per heavy atom. The number of nitrogens with zero attached hydrogens (tertiary/aromatic N) is 1. The first-order valence-corrected chi connectivity index (χ1v) is 9.24. The van der Waals surface area contributed by atoms with E-state index in [-0.39, 0.29) is 0 Å². The molecule has 1 N–H and O–H groups in total. The molecule has 0 fully saturated rings. The number of amidine groups is 1. The number of hydrogen-bond donors (Lipinski definition) is 1. The highest BCUT2D eigenvalue weighted by Gasteiger charge is 2.17. The topological polar surface area (TPSA) is 24.4 Å². The molecule has 0 aliphatic heterocycles. The van der Waals surface area contributed by atoms with Gasteiger partial charge in [-0.3, -0.25) is 4.99 Å². The summed E-state index contributed by atoms with van der Waals surface area (Å²) >= 11 is 0. The van der Waals surface area contributed by atoms with Crippen LogP contribution < -0.4 is 5.32 Å². The molecule has 0 radical (unpaired) electrons. The van der Waals surface area contributed by atoms with Crippen LogP contribution in [0.2, 0.25) is 25.7 Å². The highest BCUT2D eigenvalue weighted by Crippen LogP contribution is 2.09. The van der Waals surface area contributed by atoms with Gasteiger partial charge in [-0.05, 0) is 33.7 Å². The van der Waals surface area contributed by atoms with Crippen LogP contribution in [0.4, 0.5) is 0 Å². The van der Waals surface area contributed by atoms with Crippen molar-refractivity contribution in [2.24, 2.45) is 4.99 Å². The lowest BCUT2D eigenvalue weighted by molar-refractivity contribution is 0.715. The standard InChI is InChI=1S/C11H26N2Si/c1-9(2)12-11(13-10(3)4)8-14(5,6)7/h9-10H,8H2,1-7H3,(H,12,13). The first-order chi connectivity index (χ1) is 6.20. The quantitative estimate of drug-likeness (QED) is 0.434. The van der Waals surface area contributed by atoms with Crippen molar-refractivity contribution in [3.8, 4) is 0 Å². The van der Waals surface area contributed by atoms with Crippen LogP contribution in [0.5, 0.6) is 0 Å². The second-order valence-corrected chi connectivity index (χ2v) is 11.2. The summed E-state index contributed by atoms with van der Waals surface area (Å²) in [5, 5.41) is 3.45. The summed E-state index contributed by atoms with van der Waals surface area (Å²) in [4.78, 5) is 4.64. The van der Waals surface area contributed by atoms with E-state index in [1.54, 1.807) is 0 Å². The summed E-state index contributed by atoms with van der Waals surface area (Å²) in [6.45, 7) is 15.7. The molecular formula is C11H26N2Si. The molecule has 0 aromatic carbocycles. The van der Waals surface area contributed by atoms with Gasteiger partial charge in [-0.15, -0.1) is 0 Å². The molecule has 84 valence electrons. The molecule has 3 heteroatoms. The van der Waals surface area contributed by atoms with Crippen LogP contribution in [0.25, 0.3) is 0 Å². The molecular weight excluding hydrogens is 188 g/mol. The lowest BCUT2D eigenvalue weighted by Crippen LogP contribution is -2.37. The van der Waals surface area contributed by atoms with Crippen molar-refractivity contribution >= 4 is 13.9 Å². The Bertz CT molecular complexity index is 190. The maximum Gasteiger partial charge on any atom is 0.0941 e. The third-order valence-corrected chi connectivity index (χ3v) is 2.96. The zero-order chi connectivity index (χ0) is 11.4. The van der Waals surface area contributed by atoms with E-state index in [0.717, 1.165) is 6.04 Å². The van der Waals surface area contributed by atoms with Gasteiger partial charge < -0.3 is 5.32 Å². The van der Waals surface area contributed by atoms with Gasteiger partial charge in [0, 0.05) is 12.1 Å². The van der Waals surface area contributed by atoms with Crippen molar-refractivity contribution < 1.29 is 0 Å². The summed E-state index contributed by atoms with van der Waals surface area (Å²) in [5.74, 6) is 1.20. The average molecular weight is 214 g/mol. The minimum atomic E-state index is -1.05. The molecule has 0 aliphatic rings. The van der Waals surface area contributed by atoms with Crippen molar-refractivity contribution in [1.29, 1.82) is 0 Å². The van der Waals surface area contributed by atoms with Crippen LogP contribution in [0, 0.1) is 0 Å². The van der Waals surface area contributed by atoms with Crippen LogP contribution >= 0.6 is 0 Å².